The van der Waals surface area contributed by atoms with E-state index in [1.165, 1.54) is 4.43 Å². The molecule has 0 N–H and O–H groups in total. The summed E-state index contributed by atoms with van der Waals surface area (Å²) in [5.74, 6) is 0. The Balaban J connectivity index is 0.000000810. The number of rotatable bonds is 1. The molecule has 0 fully saturated rings. The molecule has 10 heavy (non-hydrogen) atoms. The summed E-state index contributed by atoms with van der Waals surface area (Å²) in [5, 5.41) is 0. The van der Waals surface area contributed by atoms with Crippen LogP contribution in [0.3, 0.4) is 0 Å². The van der Waals surface area contributed by atoms with Gasteiger partial charge in [0.15, 0.2) is 0 Å². The van der Waals surface area contributed by atoms with Crippen LogP contribution < -0.4 is 4.43 Å². The number of hydrogen-bond acceptors (Lipinski definition) is 0. The third-order valence-electron chi connectivity index (χ3n) is 1.05. The van der Waals surface area contributed by atoms with Crippen LogP contribution in [0.15, 0.2) is 30.3 Å². The van der Waals surface area contributed by atoms with Crippen molar-refractivity contribution in [2.75, 3.05) is 0 Å². The van der Waals surface area contributed by atoms with Crippen LogP contribution in [-0.4, -0.2) is 10.5 Å². The second-order valence-electron chi connectivity index (χ2n) is 1.71. The highest BCUT2D eigenvalue weighted by Gasteiger charge is 2.09. The SMILES string of the molecule is Br.[Br][Al]([Br])[c]1ccccc1. The predicted molar refractivity (Wildman–Crippen MR) is 60.0 cm³/mol. The first kappa shape index (κ1) is 11.2. The summed E-state index contributed by atoms with van der Waals surface area (Å²) in [4.78, 5) is 0. The molecule has 0 radical (unpaired) electrons. The molecule has 0 aliphatic carbocycles. The zero-order chi connectivity index (χ0) is 6.69. The first-order chi connectivity index (χ1) is 4.30. The van der Waals surface area contributed by atoms with Crippen LogP contribution in [0, 0.1) is 0 Å². The van der Waals surface area contributed by atoms with Gasteiger partial charge in [0, 0.05) is 0 Å². The van der Waals surface area contributed by atoms with Crippen molar-refractivity contribution in [2.24, 2.45) is 0 Å². The molecular formula is C6H6AlBr3. The van der Waals surface area contributed by atoms with Crippen LogP contribution in [0.4, 0.5) is 0 Å². The van der Waals surface area contributed by atoms with Gasteiger partial charge in [-0.1, -0.05) is 34.8 Å². The third kappa shape index (κ3) is 3.54. The highest BCUT2D eigenvalue weighted by molar-refractivity contribution is 9.49. The molecule has 0 nitrogen and oxygen atoms in total. The Morgan fingerprint density at radius 3 is 1.80 bits per heavy atom. The van der Waals surface area contributed by atoms with Crippen molar-refractivity contribution in [3.8, 4) is 0 Å². The van der Waals surface area contributed by atoms with Gasteiger partial charge in [-0.3, -0.25) is 0 Å². The maximum Gasteiger partial charge on any atom is 0.491 e. The molecule has 0 aromatic heterocycles. The fourth-order valence-corrected chi connectivity index (χ4v) is 2.94. The van der Waals surface area contributed by atoms with Crippen LogP contribution in [0.2, 0.25) is 0 Å². The van der Waals surface area contributed by atoms with Gasteiger partial charge in [0.25, 0.3) is 0 Å². The van der Waals surface area contributed by atoms with E-state index in [2.05, 4.69) is 52.4 Å². The molecule has 0 amide bonds. The van der Waals surface area contributed by atoms with E-state index in [4.69, 9.17) is 0 Å². The van der Waals surface area contributed by atoms with Gasteiger partial charge in [0.2, 0.25) is 0 Å². The zero-order valence-electron chi connectivity index (χ0n) is 5.13. The minimum atomic E-state index is -0.904. The first-order valence-electron chi connectivity index (χ1n) is 2.64. The smallest absolute Gasteiger partial charge is 0.189 e. The van der Waals surface area contributed by atoms with Crippen molar-refractivity contribution in [1.29, 1.82) is 0 Å². The topological polar surface area (TPSA) is 0 Å². The van der Waals surface area contributed by atoms with Gasteiger partial charge < -0.3 is 0 Å². The molecule has 1 aromatic rings. The molecule has 1 rings (SSSR count). The second-order valence-corrected chi connectivity index (χ2v) is 12.2. The number of benzene rings is 1. The van der Waals surface area contributed by atoms with E-state index < -0.39 is 10.5 Å². The van der Waals surface area contributed by atoms with Crippen molar-refractivity contribution in [2.45, 2.75) is 0 Å². The maximum atomic E-state index is 3.54. The Labute approximate surface area is 89.5 Å². The monoisotopic (exact) mass is 342 g/mol. The van der Waals surface area contributed by atoms with E-state index in [-0.39, 0.29) is 17.0 Å². The molecule has 1 aromatic carbocycles. The Kier molecular flexibility index (Phi) is 6.48. The number of hydrogen-bond donors (Lipinski definition) is 0. The highest BCUT2D eigenvalue weighted by Crippen LogP contribution is 2.01. The molecule has 0 atom stereocenters. The van der Waals surface area contributed by atoms with E-state index in [0.29, 0.717) is 0 Å². The Morgan fingerprint density at radius 1 is 1.00 bits per heavy atom. The molecule has 0 aliphatic rings. The lowest BCUT2D eigenvalue weighted by Gasteiger charge is -1.92. The molecule has 0 aliphatic heterocycles. The van der Waals surface area contributed by atoms with E-state index >= 15 is 0 Å². The lowest BCUT2D eigenvalue weighted by Crippen LogP contribution is -2.15. The van der Waals surface area contributed by atoms with Crippen molar-refractivity contribution in [1.82, 2.24) is 0 Å². The third-order valence-corrected chi connectivity index (χ3v) is 5.11. The standard InChI is InChI=1S/C6H5.Al.3BrH/c1-2-4-6-5-3-1;;;;/h1-5H;;3*1H/q;+2;;;/p-2. The summed E-state index contributed by atoms with van der Waals surface area (Å²) >= 11 is 7.08. The van der Waals surface area contributed by atoms with Crippen LogP contribution in [0.25, 0.3) is 0 Å². The minimum Gasteiger partial charge on any atom is -0.189 e. The van der Waals surface area contributed by atoms with Crippen LogP contribution in [0.5, 0.6) is 0 Å². The van der Waals surface area contributed by atoms with Gasteiger partial charge in [-0.15, -0.1) is 17.0 Å². The Hall–Kier alpha value is 1.19. The lowest BCUT2D eigenvalue weighted by atomic mass is 10.4. The van der Waals surface area contributed by atoms with Crippen LogP contribution >= 0.6 is 45.1 Å². The average molecular weight is 345 g/mol. The van der Waals surface area contributed by atoms with Gasteiger partial charge in [0.1, 0.15) is 0 Å². The molecule has 0 heterocycles. The Morgan fingerprint density at radius 2 is 1.50 bits per heavy atom. The van der Waals surface area contributed by atoms with Crippen molar-refractivity contribution in [3.05, 3.63) is 30.3 Å². The molecular weight excluding hydrogens is 339 g/mol. The summed E-state index contributed by atoms with van der Waals surface area (Å²) in [7, 11) is -0.904. The summed E-state index contributed by atoms with van der Waals surface area (Å²) in [6, 6.07) is 10.4. The van der Waals surface area contributed by atoms with Crippen LogP contribution in [-0.2, 0) is 0 Å². The second kappa shape index (κ2) is 5.79. The molecule has 54 valence electrons. The maximum absolute atomic E-state index is 3.54. The lowest BCUT2D eigenvalue weighted by molar-refractivity contribution is 1.77. The van der Waals surface area contributed by atoms with Crippen molar-refractivity contribution in [3.63, 3.8) is 0 Å². The fraction of sp³-hybridized carbons (Fsp3) is 0. The average Bonchev–Trinajstić information content (AvgIpc) is 1.90. The Bertz CT molecular complexity index is 176. The summed E-state index contributed by atoms with van der Waals surface area (Å²) < 4.78 is 1.39. The predicted octanol–water partition coefficient (Wildman–Crippen LogP) is 2.75. The van der Waals surface area contributed by atoms with Crippen LogP contribution in [0.1, 0.15) is 0 Å². The minimum absolute atomic E-state index is 0. The highest BCUT2D eigenvalue weighted by atomic mass is 79.9. The largest absolute Gasteiger partial charge is 0.491 e. The molecule has 0 saturated carbocycles. The van der Waals surface area contributed by atoms with Gasteiger partial charge in [-0.05, 0) is 0 Å². The van der Waals surface area contributed by atoms with Crippen molar-refractivity contribution < 1.29 is 0 Å². The quantitative estimate of drug-likeness (QED) is 0.687. The summed E-state index contributed by atoms with van der Waals surface area (Å²) in [6.45, 7) is 0. The molecule has 0 saturated heterocycles. The van der Waals surface area contributed by atoms with Gasteiger partial charge >= 0.3 is 10.5 Å². The van der Waals surface area contributed by atoms with E-state index in [1.54, 1.807) is 0 Å². The van der Waals surface area contributed by atoms with Crippen molar-refractivity contribution >= 4 is 60.0 Å². The summed E-state index contributed by atoms with van der Waals surface area (Å²) in [6.07, 6.45) is 0. The number of halogens is 3. The summed E-state index contributed by atoms with van der Waals surface area (Å²) in [5.41, 5.74) is 0. The van der Waals surface area contributed by atoms with E-state index in [0.717, 1.165) is 0 Å². The van der Waals surface area contributed by atoms with E-state index in [1.807, 2.05) is 6.07 Å². The zero-order valence-corrected chi connectivity index (χ0v) is 11.2. The van der Waals surface area contributed by atoms with E-state index in [9.17, 15) is 0 Å². The fourth-order valence-electron chi connectivity index (χ4n) is 0.599. The first-order valence-corrected chi connectivity index (χ1v) is 9.58. The van der Waals surface area contributed by atoms with Gasteiger partial charge in [-0.25, -0.2) is 0 Å². The van der Waals surface area contributed by atoms with Gasteiger partial charge in [0.05, 0.1) is 0 Å². The molecule has 0 bridgehead atoms. The normalized spacial score (nSPS) is 8.20. The molecule has 0 spiro atoms. The molecule has 0 unspecified atom stereocenters. The van der Waals surface area contributed by atoms with Gasteiger partial charge in [-0.2, -0.15) is 28.1 Å². The molecule has 4 heteroatoms.